The number of allylic oxidation sites excluding steroid dienone is 2. The van der Waals surface area contributed by atoms with Crippen LogP contribution in [0.5, 0.6) is 0 Å². The van der Waals surface area contributed by atoms with Crippen LogP contribution in [0.3, 0.4) is 0 Å². The molecule has 5 nitrogen and oxygen atoms in total. The van der Waals surface area contributed by atoms with Gasteiger partial charge in [-0.3, -0.25) is 4.79 Å². The van der Waals surface area contributed by atoms with Crippen molar-refractivity contribution in [2.24, 2.45) is 0 Å². The molecule has 0 unspecified atom stereocenters. The molecule has 1 atom stereocenters. The van der Waals surface area contributed by atoms with Crippen molar-refractivity contribution in [1.29, 1.82) is 0 Å². The number of benzene rings is 2. The third-order valence-corrected chi connectivity index (χ3v) is 4.19. The van der Waals surface area contributed by atoms with Gasteiger partial charge < -0.3 is 5.32 Å². The highest BCUT2D eigenvalue weighted by atomic mass is 16.1. The second-order valence-electron chi connectivity index (χ2n) is 5.70. The van der Waals surface area contributed by atoms with Crippen LogP contribution >= 0.6 is 0 Å². The first-order chi connectivity index (χ1) is 11.8. The number of fused-ring (bicyclic) bond motifs is 1. The van der Waals surface area contributed by atoms with E-state index in [0.29, 0.717) is 17.1 Å². The fourth-order valence-corrected chi connectivity index (χ4v) is 3.07. The molecule has 0 aliphatic carbocycles. The Morgan fingerprint density at radius 2 is 1.71 bits per heavy atom. The Morgan fingerprint density at radius 1 is 1.04 bits per heavy atom. The van der Waals surface area contributed by atoms with Gasteiger partial charge in [0.25, 0.3) is 0 Å². The van der Waals surface area contributed by atoms with Gasteiger partial charge in [0.1, 0.15) is 12.4 Å². The number of Topliss-reactive ketones (excluding diaryl/α,β-unsaturated/α-hetero) is 1. The van der Waals surface area contributed by atoms with Crippen LogP contribution in [0.25, 0.3) is 0 Å². The van der Waals surface area contributed by atoms with E-state index < -0.39 is 0 Å². The molecule has 0 saturated heterocycles. The molecule has 3 aromatic rings. The standard InChI is InChI=1S/C19H16N4O/c1-13-16(18(24)15-10-6-3-7-11-15)17(14-8-4-2-5-9-14)23-19(22-13)20-12-21-23/h2-12,17H,1H3,(H,20,21,22)/t17-/m1/s1. The maximum absolute atomic E-state index is 13.2. The van der Waals surface area contributed by atoms with E-state index in [4.69, 9.17) is 0 Å². The summed E-state index contributed by atoms with van der Waals surface area (Å²) < 4.78 is 1.76. The minimum atomic E-state index is -0.294. The molecule has 0 saturated carbocycles. The molecule has 1 aliphatic rings. The Kier molecular flexibility index (Phi) is 3.46. The molecule has 4 rings (SSSR count). The second kappa shape index (κ2) is 5.77. The SMILES string of the molecule is CC1=C(C(=O)c2ccccc2)[C@@H](c2ccccc2)n2ncnc2N1. The molecule has 24 heavy (non-hydrogen) atoms. The summed E-state index contributed by atoms with van der Waals surface area (Å²) in [4.78, 5) is 17.4. The van der Waals surface area contributed by atoms with Gasteiger partial charge in [-0.25, -0.2) is 4.68 Å². The summed E-state index contributed by atoms with van der Waals surface area (Å²) in [6, 6.07) is 18.9. The number of nitrogens with zero attached hydrogens (tertiary/aromatic N) is 3. The largest absolute Gasteiger partial charge is 0.328 e. The fourth-order valence-electron chi connectivity index (χ4n) is 3.07. The highest BCUT2D eigenvalue weighted by Gasteiger charge is 2.33. The van der Waals surface area contributed by atoms with Crippen LogP contribution in [0.2, 0.25) is 0 Å². The molecule has 2 aromatic carbocycles. The summed E-state index contributed by atoms with van der Waals surface area (Å²) in [5.74, 6) is 0.640. The number of anilines is 1. The quantitative estimate of drug-likeness (QED) is 0.752. The van der Waals surface area contributed by atoms with Crippen molar-refractivity contribution < 1.29 is 4.79 Å². The van der Waals surface area contributed by atoms with Gasteiger partial charge in [0.2, 0.25) is 5.95 Å². The van der Waals surface area contributed by atoms with Crippen LogP contribution in [0.15, 0.2) is 78.3 Å². The molecular formula is C19H16N4O. The molecule has 0 amide bonds. The molecule has 1 N–H and O–H groups in total. The summed E-state index contributed by atoms with van der Waals surface area (Å²) in [5, 5.41) is 7.52. The predicted octanol–water partition coefficient (Wildman–Crippen LogP) is 3.45. The summed E-state index contributed by atoms with van der Waals surface area (Å²) >= 11 is 0. The van der Waals surface area contributed by atoms with E-state index in [1.54, 1.807) is 4.68 Å². The normalized spacial score (nSPS) is 16.5. The monoisotopic (exact) mass is 316 g/mol. The maximum atomic E-state index is 13.2. The van der Waals surface area contributed by atoms with Gasteiger partial charge in [-0.05, 0) is 12.5 Å². The van der Waals surface area contributed by atoms with E-state index in [-0.39, 0.29) is 11.8 Å². The number of hydrogen-bond donors (Lipinski definition) is 1. The topological polar surface area (TPSA) is 59.8 Å². The van der Waals surface area contributed by atoms with Gasteiger partial charge in [-0.2, -0.15) is 10.1 Å². The first-order valence-corrected chi connectivity index (χ1v) is 7.77. The Morgan fingerprint density at radius 3 is 2.42 bits per heavy atom. The molecule has 0 fully saturated rings. The lowest BCUT2D eigenvalue weighted by Crippen LogP contribution is -2.28. The maximum Gasteiger partial charge on any atom is 0.226 e. The van der Waals surface area contributed by atoms with Crippen molar-refractivity contribution in [3.63, 3.8) is 0 Å². The lowest BCUT2D eigenvalue weighted by molar-refractivity contribution is 0.102. The van der Waals surface area contributed by atoms with Crippen LogP contribution < -0.4 is 5.32 Å². The Hall–Kier alpha value is -3.21. The molecule has 0 bridgehead atoms. The van der Waals surface area contributed by atoms with E-state index in [9.17, 15) is 4.79 Å². The highest BCUT2D eigenvalue weighted by Crippen LogP contribution is 2.36. The molecular weight excluding hydrogens is 300 g/mol. The molecule has 118 valence electrons. The van der Waals surface area contributed by atoms with Crippen molar-refractivity contribution in [2.75, 3.05) is 5.32 Å². The number of hydrogen-bond acceptors (Lipinski definition) is 4. The van der Waals surface area contributed by atoms with Crippen molar-refractivity contribution in [3.8, 4) is 0 Å². The number of carbonyl (C=O) groups excluding carboxylic acids is 1. The third kappa shape index (κ3) is 2.31. The third-order valence-electron chi connectivity index (χ3n) is 4.19. The van der Waals surface area contributed by atoms with Crippen LogP contribution in [0, 0.1) is 0 Å². The fraction of sp³-hybridized carbons (Fsp3) is 0.105. The number of nitrogens with one attached hydrogen (secondary N) is 1. The number of carbonyl (C=O) groups is 1. The zero-order chi connectivity index (χ0) is 16.5. The average molecular weight is 316 g/mol. The predicted molar refractivity (Wildman–Crippen MR) is 91.7 cm³/mol. The molecule has 1 aliphatic heterocycles. The van der Waals surface area contributed by atoms with Gasteiger partial charge in [-0.1, -0.05) is 60.7 Å². The first-order valence-electron chi connectivity index (χ1n) is 7.77. The lowest BCUT2D eigenvalue weighted by atomic mass is 9.90. The molecule has 1 aromatic heterocycles. The Labute approximate surface area is 139 Å². The van der Waals surface area contributed by atoms with Crippen LogP contribution in [-0.4, -0.2) is 20.5 Å². The van der Waals surface area contributed by atoms with Gasteiger partial charge in [-0.15, -0.1) is 0 Å². The summed E-state index contributed by atoms with van der Waals surface area (Å²) in [5.41, 5.74) is 3.16. The summed E-state index contributed by atoms with van der Waals surface area (Å²) in [7, 11) is 0. The molecule has 5 heteroatoms. The van der Waals surface area contributed by atoms with Crippen molar-refractivity contribution in [3.05, 3.63) is 89.4 Å². The van der Waals surface area contributed by atoms with E-state index in [1.165, 1.54) is 6.33 Å². The van der Waals surface area contributed by atoms with Crippen LogP contribution in [-0.2, 0) is 0 Å². The van der Waals surface area contributed by atoms with Crippen molar-refractivity contribution in [2.45, 2.75) is 13.0 Å². The van der Waals surface area contributed by atoms with Gasteiger partial charge in [0, 0.05) is 16.8 Å². The smallest absolute Gasteiger partial charge is 0.226 e. The second-order valence-corrected chi connectivity index (χ2v) is 5.70. The number of ketones is 1. The number of aromatic nitrogens is 3. The van der Waals surface area contributed by atoms with Gasteiger partial charge in [0.05, 0.1) is 0 Å². The minimum absolute atomic E-state index is 0.00407. The zero-order valence-electron chi connectivity index (χ0n) is 13.2. The number of rotatable bonds is 3. The van der Waals surface area contributed by atoms with E-state index in [2.05, 4.69) is 15.4 Å². The Bertz CT molecular complexity index is 913. The molecule has 0 radical (unpaired) electrons. The first kappa shape index (κ1) is 14.4. The highest BCUT2D eigenvalue weighted by molar-refractivity contribution is 6.10. The Balaban J connectivity index is 1.88. The zero-order valence-corrected chi connectivity index (χ0v) is 13.2. The summed E-state index contributed by atoms with van der Waals surface area (Å²) in [6.07, 6.45) is 1.50. The molecule has 2 heterocycles. The van der Waals surface area contributed by atoms with Crippen molar-refractivity contribution >= 4 is 11.7 Å². The van der Waals surface area contributed by atoms with Crippen LogP contribution in [0.4, 0.5) is 5.95 Å². The molecule has 0 spiro atoms. The average Bonchev–Trinajstić information content (AvgIpc) is 3.09. The van der Waals surface area contributed by atoms with Crippen LogP contribution in [0.1, 0.15) is 28.9 Å². The summed E-state index contributed by atoms with van der Waals surface area (Å²) in [6.45, 7) is 1.91. The van der Waals surface area contributed by atoms with E-state index in [0.717, 1.165) is 11.3 Å². The van der Waals surface area contributed by atoms with E-state index >= 15 is 0 Å². The van der Waals surface area contributed by atoms with Gasteiger partial charge in [0.15, 0.2) is 5.78 Å². The van der Waals surface area contributed by atoms with E-state index in [1.807, 2.05) is 67.6 Å². The lowest BCUT2D eigenvalue weighted by Gasteiger charge is -2.28. The van der Waals surface area contributed by atoms with Crippen molar-refractivity contribution in [1.82, 2.24) is 14.8 Å². The minimum Gasteiger partial charge on any atom is -0.328 e. The van der Waals surface area contributed by atoms with Gasteiger partial charge >= 0.3 is 0 Å².